The molecule has 2 N–H and O–H groups in total. The lowest BCUT2D eigenvalue weighted by Crippen LogP contribution is -2.29. The Morgan fingerprint density at radius 2 is 1.57 bits per heavy atom. The summed E-state index contributed by atoms with van der Waals surface area (Å²) in [4.78, 5) is 25.9. The van der Waals surface area contributed by atoms with Gasteiger partial charge in [-0.2, -0.15) is 13.2 Å². The number of anilines is 2. The van der Waals surface area contributed by atoms with Crippen LogP contribution in [0.15, 0.2) is 103 Å². The summed E-state index contributed by atoms with van der Waals surface area (Å²) in [6.07, 6.45) is -4.52. The van der Waals surface area contributed by atoms with Crippen LogP contribution in [0, 0.1) is 0 Å². The van der Waals surface area contributed by atoms with E-state index in [2.05, 4.69) is 10.6 Å². The summed E-state index contributed by atoms with van der Waals surface area (Å²) >= 11 is 0. The quantitative estimate of drug-likeness (QED) is 0.187. The lowest BCUT2D eigenvalue weighted by atomic mass is 10.1. The number of rotatable bonds is 8. The number of para-hydroxylation sites is 1. The molecule has 4 aromatic carbocycles. The molecule has 6 nitrogen and oxygen atoms in total. The van der Waals surface area contributed by atoms with Crippen LogP contribution in [0.25, 0.3) is 10.9 Å². The second-order valence-corrected chi connectivity index (χ2v) is 9.82. The average molecular weight is 572 g/mol. The first-order valence-electron chi connectivity index (χ1n) is 13.2. The summed E-state index contributed by atoms with van der Waals surface area (Å²) in [5.41, 5.74) is 2.91. The number of hydrogen-bond acceptors (Lipinski definition) is 4. The normalized spacial score (nSPS) is 12.1. The number of esters is 1. The highest BCUT2D eigenvalue weighted by atomic mass is 19.4. The maximum absolute atomic E-state index is 14.0. The molecule has 1 atom stereocenters. The number of methoxy groups -OCH3 is 1. The Labute approximate surface area is 240 Å². The van der Waals surface area contributed by atoms with Crippen LogP contribution >= 0.6 is 0 Å². The van der Waals surface area contributed by atoms with Crippen molar-refractivity contribution in [3.63, 3.8) is 0 Å². The smallest absolute Gasteiger partial charge is 0.416 e. The zero-order chi connectivity index (χ0) is 29.9. The largest absolute Gasteiger partial charge is 0.465 e. The first-order valence-corrected chi connectivity index (χ1v) is 13.2. The first-order chi connectivity index (χ1) is 20.2. The van der Waals surface area contributed by atoms with E-state index in [1.54, 1.807) is 24.3 Å². The van der Waals surface area contributed by atoms with E-state index >= 15 is 0 Å². The number of halogens is 3. The minimum atomic E-state index is -4.52. The molecule has 9 heteroatoms. The van der Waals surface area contributed by atoms with Crippen molar-refractivity contribution in [2.45, 2.75) is 25.7 Å². The number of fused-ring (bicyclic) bond motifs is 1. The molecule has 1 heterocycles. The number of amides is 1. The Morgan fingerprint density at radius 1 is 0.881 bits per heavy atom. The fourth-order valence-corrected chi connectivity index (χ4v) is 4.89. The first kappa shape index (κ1) is 28.5. The molecule has 0 aliphatic rings. The Bertz CT molecular complexity index is 1730. The van der Waals surface area contributed by atoms with Crippen molar-refractivity contribution in [3.05, 3.63) is 131 Å². The molecule has 1 aromatic heterocycles. The Hall–Kier alpha value is -5.05. The fourth-order valence-electron chi connectivity index (χ4n) is 4.89. The molecule has 0 fully saturated rings. The number of aromatic nitrogens is 1. The number of alkyl halides is 3. The Kier molecular flexibility index (Phi) is 8.01. The van der Waals surface area contributed by atoms with E-state index in [-0.39, 0.29) is 11.4 Å². The highest BCUT2D eigenvalue weighted by Gasteiger charge is 2.31. The number of nitrogens with zero attached hydrogens (tertiary/aromatic N) is 1. The van der Waals surface area contributed by atoms with E-state index < -0.39 is 29.7 Å². The van der Waals surface area contributed by atoms with Crippen molar-refractivity contribution in [2.24, 2.45) is 0 Å². The zero-order valence-electron chi connectivity index (χ0n) is 22.9. The molecule has 0 saturated carbocycles. The van der Waals surface area contributed by atoms with Crippen molar-refractivity contribution < 1.29 is 27.5 Å². The molecule has 0 spiro atoms. The topological polar surface area (TPSA) is 72.4 Å². The molecule has 0 saturated heterocycles. The lowest BCUT2D eigenvalue weighted by Gasteiger charge is -2.18. The molecule has 214 valence electrons. The molecule has 42 heavy (non-hydrogen) atoms. The van der Waals surface area contributed by atoms with Crippen LogP contribution in [-0.4, -0.2) is 23.6 Å². The molecule has 0 aliphatic heterocycles. The molecule has 0 aliphatic carbocycles. The summed E-state index contributed by atoms with van der Waals surface area (Å²) in [6, 6.07) is 28.1. The Morgan fingerprint density at radius 3 is 2.26 bits per heavy atom. The number of nitrogens with one attached hydrogen (secondary N) is 2. The predicted octanol–water partition coefficient (Wildman–Crippen LogP) is 7.73. The molecule has 1 amide bonds. The van der Waals surface area contributed by atoms with Gasteiger partial charge in [0.25, 0.3) is 5.91 Å². The van der Waals surface area contributed by atoms with Crippen LogP contribution < -0.4 is 10.6 Å². The van der Waals surface area contributed by atoms with Gasteiger partial charge in [0.05, 0.1) is 35.5 Å². The van der Waals surface area contributed by atoms with Gasteiger partial charge in [0.15, 0.2) is 0 Å². The van der Waals surface area contributed by atoms with Crippen LogP contribution in [0.1, 0.15) is 50.5 Å². The van der Waals surface area contributed by atoms with Gasteiger partial charge in [-0.15, -0.1) is 0 Å². The van der Waals surface area contributed by atoms with Crippen LogP contribution in [-0.2, 0) is 17.5 Å². The van der Waals surface area contributed by atoms with Gasteiger partial charge in [-0.3, -0.25) is 4.79 Å². The number of ether oxygens (including phenoxy) is 1. The van der Waals surface area contributed by atoms with E-state index in [0.717, 1.165) is 28.8 Å². The number of carbonyl (C=O) groups is 2. The van der Waals surface area contributed by atoms with Gasteiger partial charge in [-0.1, -0.05) is 66.7 Å². The molecular formula is C33H28F3N3O3. The van der Waals surface area contributed by atoms with Crippen LogP contribution in [0.4, 0.5) is 24.5 Å². The highest BCUT2D eigenvalue weighted by molar-refractivity contribution is 6.10. The SMILES string of the molecule is COC(=O)c1ccc(C(C)NC(=O)c2c(Nc3cccc(C(F)(F)F)c3)c3ccccc3n2Cc2ccccc2)cc1. The van der Waals surface area contributed by atoms with Crippen LogP contribution in [0.3, 0.4) is 0 Å². The molecule has 5 rings (SSSR count). The third-order valence-electron chi connectivity index (χ3n) is 7.01. The maximum Gasteiger partial charge on any atom is 0.416 e. The van der Waals surface area contributed by atoms with Gasteiger partial charge in [-0.25, -0.2) is 4.79 Å². The Balaban J connectivity index is 1.58. The van der Waals surface area contributed by atoms with Crippen molar-refractivity contribution in [1.29, 1.82) is 0 Å². The molecule has 5 aromatic rings. The predicted molar refractivity (Wildman–Crippen MR) is 156 cm³/mol. The average Bonchev–Trinajstić information content (AvgIpc) is 3.29. The number of hydrogen-bond donors (Lipinski definition) is 2. The van der Waals surface area contributed by atoms with Gasteiger partial charge in [-0.05, 0) is 54.4 Å². The van der Waals surface area contributed by atoms with Gasteiger partial charge >= 0.3 is 12.1 Å². The monoisotopic (exact) mass is 571 g/mol. The number of benzene rings is 4. The standard InChI is InChI=1S/C33H28F3N3O3/c1-21(23-15-17-24(18-16-23)32(41)42-2)37-31(40)30-29(38-26-12-8-11-25(19-26)33(34,35)36)27-13-6-7-14-28(27)39(30)20-22-9-4-3-5-10-22/h3-19,21,38H,20H2,1-2H3,(H,37,40). The van der Waals surface area contributed by atoms with E-state index in [1.807, 2.05) is 66.1 Å². The van der Waals surface area contributed by atoms with Crippen molar-refractivity contribution in [3.8, 4) is 0 Å². The lowest BCUT2D eigenvalue weighted by molar-refractivity contribution is -0.137. The molecule has 0 bridgehead atoms. The van der Waals surface area contributed by atoms with Crippen molar-refractivity contribution >= 4 is 34.2 Å². The molecular weight excluding hydrogens is 543 g/mol. The van der Waals surface area contributed by atoms with E-state index in [9.17, 15) is 22.8 Å². The summed E-state index contributed by atoms with van der Waals surface area (Å²) in [6.45, 7) is 2.17. The van der Waals surface area contributed by atoms with Crippen LogP contribution in [0.2, 0.25) is 0 Å². The third-order valence-corrected chi connectivity index (χ3v) is 7.01. The second kappa shape index (κ2) is 11.8. The summed E-state index contributed by atoms with van der Waals surface area (Å²) in [5, 5.41) is 6.84. The van der Waals surface area contributed by atoms with Gasteiger partial charge in [0, 0.05) is 17.6 Å². The summed E-state index contributed by atoms with van der Waals surface area (Å²) in [5.74, 6) is -0.880. The fraction of sp³-hybridized carbons (Fsp3) is 0.152. The second-order valence-electron chi connectivity index (χ2n) is 9.82. The number of carbonyl (C=O) groups excluding carboxylic acids is 2. The minimum Gasteiger partial charge on any atom is -0.465 e. The summed E-state index contributed by atoms with van der Waals surface area (Å²) < 4.78 is 47.1. The molecule has 1 unspecified atom stereocenters. The van der Waals surface area contributed by atoms with E-state index in [4.69, 9.17) is 4.74 Å². The van der Waals surface area contributed by atoms with E-state index in [0.29, 0.717) is 23.2 Å². The van der Waals surface area contributed by atoms with Gasteiger partial charge in [0.2, 0.25) is 0 Å². The highest BCUT2D eigenvalue weighted by Crippen LogP contribution is 2.36. The van der Waals surface area contributed by atoms with E-state index in [1.165, 1.54) is 19.2 Å². The maximum atomic E-state index is 14.0. The summed E-state index contributed by atoms with van der Waals surface area (Å²) in [7, 11) is 1.30. The molecule has 0 radical (unpaired) electrons. The van der Waals surface area contributed by atoms with Gasteiger partial charge in [0.1, 0.15) is 5.69 Å². The van der Waals surface area contributed by atoms with Crippen molar-refractivity contribution in [2.75, 3.05) is 12.4 Å². The zero-order valence-corrected chi connectivity index (χ0v) is 22.9. The third kappa shape index (κ3) is 6.00. The van der Waals surface area contributed by atoms with Crippen LogP contribution in [0.5, 0.6) is 0 Å². The van der Waals surface area contributed by atoms with Crippen molar-refractivity contribution in [1.82, 2.24) is 9.88 Å². The minimum absolute atomic E-state index is 0.202. The van der Waals surface area contributed by atoms with Gasteiger partial charge < -0.3 is 19.9 Å².